The van der Waals surface area contributed by atoms with Crippen LogP contribution in [0.1, 0.15) is 5.69 Å². The molecule has 0 aliphatic heterocycles. The highest BCUT2D eigenvalue weighted by Crippen LogP contribution is 2.29. The average Bonchev–Trinajstić information content (AvgIpc) is 3.04. The predicted octanol–water partition coefficient (Wildman–Crippen LogP) is 2.91. The number of hydrogen-bond donors (Lipinski definition) is 1. The van der Waals surface area contributed by atoms with Gasteiger partial charge < -0.3 is 14.6 Å². The van der Waals surface area contributed by atoms with Crippen molar-refractivity contribution in [1.29, 1.82) is 0 Å². The molecule has 0 radical (unpaired) electrons. The Morgan fingerprint density at radius 1 is 1.39 bits per heavy atom. The van der Waals surface area contributed by atoms with Gasteiger partial charge in [0.2, 0.25) is 0 Å². The van der Waals surface area contributed by atoms with Gasteiger partial charge in [-0.05, 0) is 18.2 Å². The molecule has 0 fully saturated rings. The third-order valence-corrected chi connectivity index (χ3v) is 3.48. The lowest BCUT2D eigenvalue weighted by Crippen LogP contribution is -1.98. The van der Waals surface area contributed by atoms with Gasteiger partial charge in [0.05, 0.1) is 23.9 Å². The zero-order valence-corrected chi connectivity index (χ0v) is 10.5. The summed E-state index contributed by atoms with van der Waals surface area (Å²) in [4.78, 5) is 4.48. The average molecular weight is 261 g/mol. The van der Waals surface area contributed by atoms with E-state index in [2.05, 4.69) is 15.5 Å². The number of thiazole rings is 1. The van der Waals surface area contributed by atoms with Crippen LogP contribution in [0.5, 0.6) is 5.75 Å². The van der Waals surface area contributed by atoms with Crippen LogP contribution in [0.25, 0.3) is 10.2 Å². The van der Waals surface area contributed by atoms with E-state index < -0.39 is 0 Å². The number of anilines is 1. The number of ether oxygens (including phenoxy) is 1. The summed E-state index contributed by atoms with van der Waals surface area (Å²) in [5, 5.41) is 7.91. The maximum Gasteiger partial charge on any atom is 0.184 e. The maximum absolute atomic E-state index is 5.19. The second-order valence-electron chi connectivity index (χ2n) is 3.70. The molecular formula is C12H11N3O2S. The van der Waals surface area contributed by atoms with E-state index in [0.29, 0.717) is 6.54 Å². The fraction of sp³-hybridized carbons (Fsp3) is 0.167. The number of nitrogens with one attached hydrogen (secondary N) is 1. The van der Waals surface area contributed by atoms with Crippen LogP contribution >= 0.6 is 11.3 Å². The molecule has 1 aromatic carbocycles. The largest absolute Gasteiger partial charge is 0.497 e. The third-order valence-electron chi connectivity index (χ3n) is 2.51. The van der Waals surface area contributed by atoms with Gasteiger partial charge >= 0.3 is 0 Å². The summed E-state index contributed by atoms with van der Waals surface area (Å²) in [6, 6.07) is 7.66. The minimum Gasteiger partial charge on any atom is -0.497 e. The summed E-state index contributed by atoms with van der Waals surface area (Å²) >= 11 is 1.59. The van der Waals surface area contributed by atoms with Crippen molar-refractivity contribution in [3.63, 3.8) is 0 Å². The molecule has 92 valence electrons. The van der Waals surface area contributed by atoms with Crippen molar-refractivity contribution < 1.29 is 9.26 Å². The summed E-state index contributed by atoms with van der Waals surface area (Å²) in [6.45, 7) is 0.605. The Morgan fingerprint density at radius 3 is 3.11 bits per heavy atom. The van der Waals surface area contributed by atoms with Crippen molar-refractivity contribution in [2.24, 2.45) is 0 Å². The second kappa shape index (κ2) is 4.66. The smallest absolute Gasteiger partial charge is 0.184 e. The zero-order chi connectivity index (χ0) is 12.4. The minimum atomic E-state index is 0.605. The first-order valence-electron chi connectivity index (χ1n) is 5.43. The second-order valence-corrected chi connectivity index (χ2v) is 4.73. The van der Waals surface area contributed by atoms with Crippen molar-refractivity contribution in [3.05, 3.63) is 36.2 Å². The Morgan fingerprint density at radius 2 is 2.33 bits per heavy atom. The van der Waals surface area contributed by atoms with E-state index in [9.17, 15) is 0 Å². The fourth-order valence-electron chi connectivity index (χ4n) is 1.60. The number of hydrogen-bond acceptors (Lipinski definition) is 6. The molecule has 0 unspecified atom stereocenters. The molecule has 3 rings (SSSR count). The molecule has 0 saturated heterocycles. The van der Waals surface area contributed by atoms with Gasteiger partial charge in [0, 0.05) is 6.07 Å². The van der Waals surface area contributed by atoms with Crippen molar-refractivity contribution >= 4 is 26.7 Å². The third kappa shape index (κ3) is 2.14. The highest BCUT2D eigenvalue weighted by molar-refractivity contribution is 7.22. The first kappa shape index (κ1) is 11.0. The molecule has 0 amide bonds. The highest BCUT2D eigenvalue weighted by atomic mass is 32.1. The molecule has 1 N–H and O–H groups in total. The minimum absolute atomic E-state index is 0.605. The van der Waals surface area contributed by atoms with Gasteiger partial charge in [-0.25, -0.2) is 4.98 Å². The molecule has 2 heterocycles. The zero-order valence-electron chi connectivity index (χ0n) is 9.71. The van der Waals surface area contributed by atoms with Crippen LogP contribution in [0.2, 0.25) is 0 Å². The molecule has 18 heavy (non-hydrogen) atoms. The van der Waals surface area contributed by atoms with E-state index in [-0.39, 0.29) is 0 Å². The number of fused-ring (bicyclic) bond motifs is 1. The number of aromatic nitrogens is 2. The summed E-state index contributed by atoms with van der Waals surface area (Å²) in [5.74, 6) is 0.842. The molecule has 0 aliphatic rings. The van der Waals surface area contributed by atoms with Gasteiger partial charge in [-0.15, -0.1) is 0 Å². The van der Waals surface area contributed by atoms with Crippen molar-refractivity contribution in [2.75, 3.05) is 12.4 Å². The van der Waals surface area contributed by atoms with Crippen LogP contribution < -0.4 is 10.1 Å². The van der Waals surface area contributed by atoms with Crippen LogP contribution in [-0.4, -0.2) is 17.3 Å². The first-order chi connectivity index (χ1) is 8.85. The molecule has 0 bridgehead atoms. The Bertz CT molecular complexity index is 648. The van der Waals surface area contributed by atoms with E-state index >= 15 is 0 Å². The quantitative estimate of drug-likeness (QED) is 0.782. The fourth-order valence-corrected chi connectivity index (χ4v) is 2.49. The van der Waals surface area contributed by atoms with Crippen LogP contribution in [0.15, 0.2) is 35.1 Å². The molecule has 0 atom stereocenters. The van der Waals surface area contributed by atoms with Crippen LogP contribution in [0.4, 0.5) is 5.13 Å². The van der Waals surface area contributed by atoms with Crippen LogP contribution in [0.3, 0.4) is 0 Å². The van der Waals surface area contributed by atoms with Gasteiger partial charge in [-0.2, -0.15) is 0 Å². The topological polar surface area (TPSA) is 60.2 Å². The molecule has 2 aromatic heterocycles. The lowest BCUT2D eigenvalue weighted by atomic mass is 10.3. The van der Waals surface area contributed by atoms with E-state index in [1.165, 1.54) is 0 Å². The SMILES string of the molecule is COc1ccc2nc(NCc3ccon3)sc2c1. The number of nitrogens with zero attached hydrogens (tertiary/aromatic N) is 2. The van der Waals surface area contributed by atoms with Crippen molar-refractivity contribution in [1.82, 2.24) is 10.1 Å². The Kier molecular flexibility index (Phi) is 2.85. The monoisotopic (exact) mass is 261 g/mol. The molecule has 0 aliphatic carbocycles. The molecule has 0 saturated carbocycles. The maximum atomic E-state index is 5.19. The lowest BCUT2D eigenvalue weighted by Gasteiger charge is -1.96. The van der Waals surface area contributed by atoms with Crippen molar-refractivity contribution in [2.45, 2.75) is 6.54 Å². The van der Waals surface area contributed by atoms with E-state index in [0.717, 1.165) is 26.8 Å². The Labute approximate surface area is 107 Å². The van der Waals surface area contributed by atoms with Gasteiger partial charge in [-0.1, -0.05) is 16.5 Å². The Balaban J connectivity index is 1.80. The Hall–Kier alpha value is -2.08. The molecule has 5 nitrogen and oxygen atoms in total. The highest BCUT2D eigenvalue weighted by Gasteiger charge is 2.05. The number of benzene rings is 1. The van der Waals surface area contributed by atoms with Gasteiger partial charge in [-0.3, -0.25) is 0 Å². The van der Waals surface area contributed by atoms with Gasteiger partial charge in [0.25, 0.3) is 0 Å². The van der Waals surface area contributed by atoms with Crippen LogP contribution in [0, 0.1) is 0 Å². The first-order valence-corrected chi connectivity index (χ1v) is 6.24. The summed E-state index contributed by atoms with van der Waals surface area (Å²) in [5.41, 5.74) is 1.82. The molecule has 0 spiro atoms. The molecule has 6 heteroatoms. The van der Waals surface area contributed by atoms with E-state index in [1.54, 1.807) is 24.7 Å². The lowest BCUT2D eigenvalue weighted by molar-refractivity contribution is 0.412. The summed E-state index contributed by atoms with van der Waals surface area (Å²) in [7, 11) is 1.66. The van der Waals surface area contributed by atoms with Crippen LogP contribution in [-0.2, 0) is 6.54 Å². The molecular weight excluding hydrogens is 250 g/mol. The summed E-state index contributed by atoms with van der Waals surface area (Å²) < 4.78 is 11.0. The standard InChI is InChI=1S/C12H11N3O2S/c1-16-9-2-3-10-11(6-9)18-12(14-10)13-7-8-4-5-17-15-8/h2-6H,7H2,1H3,(H,13,14). The molecule has 3 aromatic rings. The van der Waals surface area contributed by atoms with Crippen molar-refractivity contribution in [3.8, 4) is 5.75 Å². The van der Waals surface area contributed by atoms with E-state index in [1.807, 2.05) is 24.3 Å². The summed E-state index contributed by atoms with van der Waals surface area (Å²) in [6.07, 6.45) is 1.56. The predicted molar refractivity (Wildman–Crippen MR) is 70.0 cm³/mol. The number of rotatable bonds is 4. The number of methoxy groups -OCH3 is 1. The van der Waals surface area contributed by atoms with Gasteiger partial charge in [0.1, 0.15) is 17.7 Å². The normalized spacial score (nSPS) is 10.7. The van der Waals surface area contributed by atoms with E-state index in [4.69, 9.17) is 9.26 Å². The van der Waals surface area contributed by atoms with Gasteiger partial charge in [0.15, 0.2) is 5.13 Å².